The minimum atomic E-state index is -0.670. The molecule has 79 heavy (non-hydrogen) atoms. The third-order valence-corrected chi connectivity index (χ3v) is 18.7. The molecule has 1 heteroatoms. The fourth-order valence-electron chi connectivity index (χ4n) is 15.6. The van der Waals surface area contributed by atoms with Crippen LogP contribution >= 0.6 is 0 Å². The van der Waals surface area contributed by atoms with Crippen molar-refractivity contribution >= 4 is 17.1 Å². The molecule has 4 aliphatic rings. The number of benzene rings is 12. The van der Waals surface area contributed by atoms with E-state index in [1.165, 1.54) is 111 Å². The molecule has 0 aromatic heterocycles. The molecule has 0 unspecified atom stereocenters. The molecule has 0 amide bonds. The topological polar surface area (TPSA) is 3.24 Å². The maximum Gasteiger partial charge on any atom is 0.0720 e. The monoisotopic (exact) mass is 1010 g/mol. The lowest BCUT2D eigenvalue weighted by molar-refractivity contribution is 0.623. The minimum Gasteiger partial charge on any atom is -0.310 e. The van der Waals surface area contributed by atoms with Gasteiger partial charge in [0.1, 0.15) is 0 Å². The first-order valence-electron chi connectivity index (χ1n) is 27.9. The number of anilines is 3. The molecule has 0 saturated heterocycles. The van der Waals surface area contributed by atoms with Crippen LogP contribution in [0.1, 0.15) is 91.7 Å². The summed E-state index contributed by atoms with van der Waals surface area (Å²) < 4.78 is 0. The lowest BCUT2D eigenvalue weighted by atomic mass is 9.51. The van der Waals surface area contributed by atoms with Gasteiger partial charge in [-0.1, -0.05) is 281 Å². The molecule has 0 aliphatic heterocycles. The lowest BCUT2D eigenvalue weighted by Gasteiger charge is -2.50. The molecule has 0 bridgehead atoms. The van der Waals surface area contributed by atoms with Crippen molar-refractivity contribution in [1.82, 2.24) is 0 Å². The number of nitrogens with zero attached hydrogens (tertiary/aromatic N) is 1. The predicted octanol–water partition coefficient (Wildman–Crippen LogP) is 18.9. The highest BCUT2D eigenvalue weighted by atomic mass is 15.1. The molecule has 12 aromatic carbocycles. The van der Waals surface area contributed by atoms with Crippen molar-refractivity contribution in [2.45, 2.75) is 35.5 Å². The van der Waals surface area contributed by atoms with Crippen LogP contribution in [0.4, 0.5) is 17.1 Å². The molecular weight excluding hydrogens is 951 g/mol. The van der Waals surface area contributed by atoms with Crippen LogP contribution in [-0.2, 0) is 21.7 Å². The summed E-state index contributed by atoms with van der Waals surface area (Å²) in [5.41, 5.74) is 27.1. The van der Waals surface area contributed by atoms with E-state index in [-0.39, 0.29) is 5.41 Å². The van der Waals surface area contributed by atoms with Gasteiger partial charge in [-0.3, -0.25) is 0 Å². The number of rotatable bonds is 7. The Bertz CT molecular complexity index is 4270. The molecule has 1 nitrogen and oxygen atoms in total. The van der Waals surface area contributed by atoms with Crippen LogP contribution < -0.4 is 4.90 Å². The van der Waals surface area contributed by atoms with E-state index < -0.39 is 16.2 Å². The molecule has 0 atom stereocenters. The molecule has 1 spiro atoms. The van der Waals surface area contributed by atoms with E-state index in [0.29, 0.717) is 0 Å². The first-order chi connectivity index (χ1) is 39.0. The molecule has 0 heterocycles. The summed E-state index contributed by atoms with van der Waals surface area (Å²) in [5.74, 6) is 0. The van der Waals surface area contributed by atoms with Crippen molar-refractivity contribution in [1.29, 1.82) is 0 Å². The Kier molecular flexibility index (Phi) is 9.80. The number of fused-ring (bicyclic) bond motifs is 15. The quantitative estimate of drug-likeness (QED) is 0.154. The summed E-state index contributed by atoms with van der Waals surface area (Å²) in [6, 6.07) is 113. The third kappa shape index (κ3) is 5.94. The molecule has 372 valence electrons. The van der Waals surface area contributed by atoms with E-state index >= 15 is 0 Å². The first kappa shape index (κ1) is 45.6. The van der Waals surface area contributed by atoms with Gasteiger partial charge in [0, 0.05) is 22.4 Å². The Morgan fingerprint density at radius 1 is 0.228 bits per heavy atom. The minimum absolute atomic E-state index is 0.211. The Morgan fingerprint density at radius 2 is 0.557 bits per heavy atom. The van der Waals surface area contributed by atoms with Crippen molar-refractivity contribution in [3.05, 3.63) is 375 Å². The maximum atomic E-state index is 2.61. The van der Waals surface area contributed by atoms with Crippen LogP contribution in [0.5, 0.6) is 0 Å². The molecule has 16 rings (SSSR count). The zero-order valence-electron chi connectivity index (χ0n) is 44.2. The first-order valence-corrected chi connectivity index (χ1v) is 27.9. The summed E-state index contributed by atoms with van der Waals surface area (Å²) in [6.45, 7) is 4.80. The van der Waals surface area contributed by atoms with Crippen molar-refractivity contribution in [2.24, 2.45) is 0 Å². The molecule has 0 radical (unpaired) electrons. The van der Waals surface area contributed by atoms with Crippen LogP contribution in [0.15, 0.2) is 297 Å². The Balaban J connectivity index is 1.01. The standard InChI is InChI=1S/C78H55N/c1-75(2)63-37-18-15-34-58(63)60-48-46-56(50-71(60)75)79(73-45-25-44-70-74(73)62-36-17-20-39-65(62)76(70,52-26-7-3-8-27-52)53-28-9-4-10-29-53)57-47-49-61-59-35-16-19-38-64(59)78(72(61)51-57)68-42-23-21-40-66(68)77(54-30-11-5-12-31-54,55-32-13-6-14-33-55)67-41-22-24-43-69(67)78/h3-51H,1-2H3. The number of hydrogen-bond donors (Lipinski definition) is 0. The fourth-order valence-corrected chi connectivity index (χ4v) is 15.6. The summed E-state index contributed by atoms with van der Waals surface area (Å²) in [7, 11) is 0. The summed E-state index contributed by atoms with van der Waals surface area (Å²) >= 11 is 0. The van der Waals surface area contributed by atoms with Crippen molar-refractivity contribution < 1.29 is 0 Å². The molecule has 12 aromatic rings. The molecule has 4 aliphatic carbocycles. The number of hydrogen-bond acceptors (Lipinski definition) is 1. The van der Waals surface area contributed by atoms with Gasteiger partial charge in [-0.15, -0.1) is 0 Å². The van der Waals surface area contributed by atoms with E-state index in [9.17, 15) is 0 Å². The third-order valence-electron chi connectivity index (χ3n) is 18.7. The van der Waals surface area contributed by atoms with Gasteiger partial charge in [0.25, 0.3) is 0 Å². The average Bonchev–Trinajstić information content (AvgIpc) is 3.19. The smallest absolute Gasteiger partial charge is 0.0720 e. The van der Waals surface area contributed by atoms with Gasteiger partial charge >= 0.3 is 0 Å². The molecule has 0 fully saturated rings. The van der Waals surface area contributed by atoms with Crippen LogP contribution in [0.2, 0.25) is 0 Å². The van der Waals surface area contributed by atoms with Crippen molar-refractivity contribution in [3.63, 3.8) is 0 Å². The zero-order valence-corrected chi connectivity index (χ0v) is 44.2. The maximum absolute atomic E-state index is 2.61. The SMILES string of the molecule is CC1(C)c2ccccc2-c2ccc(N(c3ccc4c(c3)C3(c5ccccc5-4)c4ccccc4C(c4ccccc4)(c4ccccc4)c4ccccc43)c3cccc4c3-c3ccccc3C4(c3ccccc3)c3ccccc3)cc21. The predicted molar refractivity (Wildman–Crippen MR) is 325 cm³/mol. The van der Waals surface area contributed by atoms with Gasteiger partial charge in [-0.05, 0) is 136 Å². The van der Waals surface area contributed by atoms with E-state index in [0.717, 1.165) is 17.1 Å². The lowest BCUT2D eigenvalue weighted by Crippen LogP contribution is -2.44. The summed E-state index contributed by atoms with van der Waals surface area (Å²) in [4.78, 5) is 2.61. The van der Waals surface area contributed by atoms with Crippen molar-refractivity contribution in [3.8, 4) is 33.4 Å². The van der Waals surface area contributed by atoms with Crippen LogP contribution in [0.3, 0.4) is 0 Å². The highest BCUT2D eigenvalue weighted by molar-refractivity contribution is 5.99. The second-order valence-electron chi connectivity index (χ2n) is 22.6. The summed E-state index contributed by atoms with van der Waals surface area (Å²) in [6.07, 6.45) is 0. The van der Waals surface area contributed by atoms with Gasteiger partial charge in [0.2, 0.25) is 0 Å². The zero-order chi connectivity index (χ0) is 52.5. The van der Waals surface area contributed by atoms with Gasteiger partial charge in [0.05, 0.1) is 21.9 Å². The van der Waals surface area contributed by atoms with E-state index in [4.69, 9.17) is 0 Å². The van der Waals surface area contributed by atoms with Gasteiger partial charge in [0.15, 0.2) is 0 Å². The highest BCUT2D eigenvalue weighted by Gasteiger charge is 2.57. The largest absolute Gasteiger partial charge is 0.310 e. The van der Waals surface area contributed by atoms with Gasteiger partial charge < -0.3 is 4.90 Å². The van der Waals surface area contributed by atoms with E-state index in [1.54, 1.807) is 0 Å². The van der Waals surface area contributed by atoms with Crippen LogP contribution in [0.25, 0.3) is 33.4 Å². The van der Waals surface area contributed by atoms with E-state index in [1.807, 2.05) is 0 Å². The van der Waals surface area contributed by atoms with Gasteiger partial charge in [-0.25, -0.2) is 0 Å². The van der Waals surface area contributed by atoms with Crippen LogP contribution in [0, 0.1) is 0 Å². The molecule has 0 saturated carbocycles. The van der Waals surface area contributed by atoms with Gasteiger partial charge in [-0.2, -0.15) is 0 Å². The summed E-state index contributed by atoms with van der Waals surface area (Å²) in [5, 5.41) is 0. The Morgan fingerprint density at radius 3 is 1.05 bits per heavy atom. The van der Waals surface area contributed by atoms with E-state index in [2.05, 4.69) is 316 Å². The second-order valence-corrected chi connectivity index (χ2v) is 22.6. The highest BCUT2D eigenvalue weighted by Crippen LogP contribution is 2.66. The van der Waals surface area contributed by atoms with Crippen LogP contribution in [-0.4, -0.2) is 0 Å². The molecular formula is C78H55N. The second kappa shape index (κ2) is 17.0. The normalized spacial score (nSPS) is 15.4. The Labute approximate surface area is 463 Å². The fraction of sp³-hybridized carbons (Fsp3) is 0.0769. The molecule has 0 N–H and O–H groups in total. The average molecular weight is 1010 g/mol. The Hall–Kier alpha value is -9.56. The van der Waals surface area contributed by atoms with Crippen molar-refractivity contribution in [2.75, 3.05) is 4.90 Å².